The Balaban J connectivity index is 1.87. The zero-order chi connectivity index (χ0) is 16.1. The molecule has 2 aromatic carbocycles. The van der Waals surface area contributed by atoms with E-state index in [1.54, 1.807) is 0 Å². The average Bonchev–Trinajstić information content (AvgIpc) is 2.77. The maximum Gasteiger partial charge on any atom is 0.150 e. The van der Waals surface area contributed by atoms with Gasteiger partial charge in [0.05, 0.1) is 19.8 Å². The predicted molar refractivity (Wildman–Crippen MR) is 87.7 cm³/mol. The standard InChI is InChI=1S/C19H20O4/c1-2-21-7-8-23-17-5-6-18-16(10-17)13-22-12-15-4-3-14(11-20)9-19(15)18/h3-6,9-11H,2,7-8,12-13H2,1H3. The second-order valence-corrected chi connectivity index (χ2v) is 5.39. The van der Waals surface area contributed by atoms with Gasteiger partial charge in [0.1, 0.15) is 18.6 Å². The Kier molecular flexibility index (Phi) is 5.05. The number of carbonyl (C=O) groups excluding carboxylic acids is 1. The summed E-state index contributed by atoms with van der Waals surface area (Å²) < 4.78 is 16.7. The molecule has 0 bridgehead atoms. The van der Waals surface area contributed by atoms with E-state index in [2.05, 4.69) is 0 Å². The van der Waals surface area contributed by atoms with E-state index in [1.165, 1.54) is 0 Å². The molecule has 4 heteroatoms. The quantitative estimate of drug-likeness (QED) is 0.604. The number of ether oxygens (including phenoxy) is 3. The van der Waals surface area contributed by atoms with E-state index in [4.69, 9.17) is 14.2 Å². The Labute approximate surface area is 136 Å². The number of hydrogen-bond acceptors (Lipinski definition) is 4. The second kappa shape index (κ2) is 7.40. The van der Waals surface area contributed by atoms with Gasteiger partial charge in [0.25, 0.3) is 0 Å². The van der Waals surface area contributed by atoms with E-state index in [0.29, 0.717) is 38.6 Å². The lowest BCUT2D eigenvalue weighted by atomic mass is 9.95. The van der Waals surface area contributed by atoms with E-state index in [0.717, 1.165) is 34.3 Å². The first kappa shape index (κ1) is 15.7. The molecule has 0 aliphatic carbocycles. The molecule has 1 aliphatic heterocycles. The van der Waals surface area contributed by atoms with E-state index in [1.807, 2.05) is 43.3 Å². The first-order valence-corrected chi connectivity index (χ1v) is 7.81. The average molecular weight is 312 g/mol. The smallest absolute Gasteiger partial charge is 0.150 e. The fourth-order valence-corrected chi connectivity index (χ4v) is 2.72. The van der Waals surface area contributed by atoms with Gasteiger partial charge in [0.15, 0.2) is 0 Å². The summed E-state index contributed by atoms with van der Waals surface area (Å²) in [6.45, 7) is 4.84. The van der Waals surface area contributed by atoms with Crippen LogP contribution in [-0.2, 0) is 22.7 Å². The summed E-state index contributed by atoms with van der Waals surface area (Å²) in [5.41, 5.74) is 5.00. The molecule has 0 amide bonds. The van der Waals surface area contributed by atoms with Crippen LogP contribution in [0.15, 0.2) is 36.4 Å². The van der Waals surface area contributed by atoms with Crippen LogP contribution in [0.2, 0.25) is 0 Å². The highest BCUT2D eigenvalue weighted by Crippen LogP contribution is 2.34. The van der Waals surface area contributed by atoms with Crippen LogP contribution in [0.5, 0.6) is 5.75 Å². The molecular weight excluding hydrogens is 292 g/mol. The Morgan fingerprint density at radius 2 is 1.91 bits per heavy atom. The van der Waals surface area contributed by atoms with Gasteiger partial charge in [-0.3, -0.25) is 4.79 Å². The van der Waals surface area contributed by atoms with Crippen LogP contribution >= 0.6 is 0 Å². The number of hydrogen-bond donors (Lipinski definition) is 0. The fourth-order valence-electron chi connectivity index (χ4n) is 2.72. The zero-order valence-electron chi connectivity index (χ0n) is 13.2. The Bertz CT molecular complexity index is 694. The highest BCUT2D eigenvalue weighted by molar-refractivity contribution is 5.81. The molecule has 0 spiro atoms. The number of carbonyl (C=O) groups is 1. The molecule has 3 rings (SSSR count). The van der Waals surface area contributed by atoms with Crippen molar-refractivity contribution in [3.05, 3.63) is 53.1 Å². The first-order chi connectivity index (χ1) is 11.3. The lowest BCUT2D eigenvalue weighted by molar-refractivity contribution is 0.107. The van der Waals surface area contributed by atoms with Crippen molar-refractivity contribution in [2.24, 2.45) is 0 Å². The molecule has 0 atom stereocenters. The van der Waals surface area contributed by atoms with Gasteiger partial charge >= 0.3 is 0 Å². The van der Waals surface area contributed by atoms with E-state index in [9.17, 15) is 4.79 Å². The van der Waals surface area contributed by atoms with Crippen LogP contribution in [-0.4, -0.2) is 26.1 Å². The van der Waals surface area contributed by atoms with Crippen LogP contribution in [0.3, 0.4) is 0 Å². The summed E-state index contributed by atoms with van der Waals surface area (Å²) in [5.74, 6) is 0.807. The van der Waals surface area contributed by atoms with Gasteiger partial charge in [-0.1, -0.05) is 18.2 Å². The van der Waals surface area contributed by atoms with E-state index < -0.39 is 0 Å². The third-order valence-electron chi connectivity index (χ3n) is 3.85. The fraction of sp³-hybridized carbons (Fsp3) is 0.316. The molecule has 1 heterocycles. The van der Waals surface area contributed by atoms with Gasteiger partial charge in [0.2, 0.25) is 0 Å². The minimum atomic E-state index is 0.527. The SMILES string of the molecule is CCOCCOc1ccc2c(c1)COCc1ccc(C=O)cc1-2. The number of fused-ring (bicyclic) bond motifs is 3. The zero-order valence-corrected chi connectivity index (χ0v) is 13.2. The first-order valence-electron chi connectivity index (χ1n) is 7.81. The maximum atomic E-state index is 11.1. The van der Waals surface area contributed by atoms with Crippen molar-refractivity contribution in [1.29, 1.82) is 0 Å². The van der Waals surface area contributed by atoms with Crippen LogP contribution in [0.4, 0.5) is 0 Å². The van der Waals surface area contributed by atoms with Gasteiger partial charge in [-0.25, -0.2) is 0 Å². The summed E-state index contributed by atoms with van der Waals surface area (Å²) >= 11 is 0. The molecule has 1 aliphatic rings. The summed E-state index contributed by atoms with van der Waals surface area (Å²) in [4.78, 5) is 11.1. The lowest BCUT2D eigenvalue weighted by Gasteiger charge is -2.12. The maximum absolute atomic E-state index is 11.1. The van der Waals surface area contributed by atoms with E-state index >= 15 is 0 Å². The lowest BCUT2D eigenvalue weighted by Crippen LogP contribution is -2.06. The summed E-state index contributed by atoms with van der Waals surface area (Å²) in [6, 6.07) is 11.7. The normalized spacial score (nSPS) is 12.9. The molecule has 0 fully saturated rings. The topological polar surface area (TPSA) is 44.8 Å². The van der Waals surface area contributed by atoms with Gasteiger partial charge in [0, 0.05) is 12.2 Å². The largest absolute Gasteiger partial charge is 0.491 e. The molecule has 0 unspecified atom stereocenters. The van der Waals surface area contributed by atoms with Gasteiger partial charge in [-0.05, 0) is 47.4 Å². The molecule has 0 radical (unpaired) electrons. The number of rotatable bonds is 6. The van der Waals surface area contributed by atoms with Crippen molar-refractivity contribution in [2.45, 2.75) is 20.1 Å². The Hall–Kier alpha value is -2.17. The third kappa shape index (κ3) is 3.60. The van der Waals surface area contributed by atoms with Gasteiger partial charge in [-0.2, -0.15) is 0 Å². The summed E-state index contributed by atoms with van der Waals surface area (Å²) in [5, 5.41) is 0. The van der Waals surface area contributed by atoms with Gasteiger partial charge < -0.3 is 14.2 Å². The molecule has 2 aromatic rings. The minimum Gasteiger partial charge on any atom is -0.491 e. The van der Waals surface area contributed by atoms with Crippen molar-refractivity contribution in [3.8, 4) is 16.9 Å². The van der Waals surface area contributed by atoms with Crippen molar-refractivity contribution >= 4 is 6.29 Å². The number of aldehydes is 1. The van der Waals surface area contributed by atoms with Crippen molar-refractivity contribution in [2.75, 3.05) is 19.8 Å². The van der Waals surface area contributed by atoms with Crippen LogP contribution in [0.1, 0.15) is 28.4 Å². The predicted octanol–water partition coefficient (Wildman–Crippen LogP) is 3.61. The molecule has 0 saturated heterocycles. The molecular formula is C19H20O4. The Morgan fingerprint density at radius 3 is 2.74 bits per heavy atom. The Morgan fingerprint density at radius 1 is 1.04 bits per heavy atom. The molecule has 4 nitrogen and oxygen atoms in total. The monoisotopic (exact) mass is 312 g/mol. The molecule has 23 heavy (non-hydrogen) atoms. The molecule has 0 aromatic heterocycles. The van der Waals surface area contributed by atoms with Crippen molar-refractivity contribution < 1.29 is 19.0 Å². The van der Waals surface area contributed by atoms with Crippen molar-refractivity contribution in [3.63, 3.8) is 0 Å². The highest BCUT2D eigenvalue weighted by atomic mass is 16.5. The minimum absolute atomic E-state index is 0.527. The van der Waals surface area contributed by atoms with Crippen LogP contribution in [0, 0.1) is 0 Å². The molecule has 0 saturated carbocycles. The molecule has 0 N–H and O–H groups in total. The third-order valence-corrected chi connectivity index (χ3v) is 3.85. The number of benzene rings is 2. The van der Waals surface area contributed by atoms with Crippen LogP contribution < -0.4 is 4.74 Å². The van der Waals surface area contributed by atoms with Crippen molar-refractivity contribution in [1.82, 2.24) is 0 Å². The van der Waals surface area contributed by atoms with Gasteiger partial charge in [-0.15, -0.1) is 0 Å². The molecule has 120 valence electrons. The second-order valence-electron chi connectivity index (χ2n) is 5.39. The van der Waals surface area contributed by atoms with E-state index in [-0.39, 0.29) is 0 Å². The summed E-state index contributed by atoms with van der Waals surface area (Å²) in [7, 11) is 0. The summed E-state index contributed by atoms with van der Waals surface area (Å²) in [6.07, 6.45) is 0.872. The van der Waals surface area contributed by atoms with Crippen LogP contribution in [0.25, 0.3) is 11.1 Å². The highest BCUT2D eigenvalue weighted by Gasteiger charge is 2.16.